The summed E-state index contributed by atoms with van der Waals surface area (Å²) in [6.07, 6.45) is 2.82. The smallest absolute Gasteiger partial charge is 0.257 e. The number of nitrogens with zero attached hydrogens (tertiary/aromatic N) is 4. The summed E-state index contributed by atoms with van der Waals surface area (Å²) < 4.78 is 7.19. The predicted octanol–water partition coefficient (Wildman–Crippen LogP) is 3.04. The fourth-order valence-corrected chi connectivity index (χ4v) is 3.33. The maximum atomic E-state index is 12.8. The second kappa shape index (κ2) is 7.00. The molecule has 0 aliphatic carbocycles. The van der Waals surface area contributed by atoms with Crippen molar-refractivity contribution in [3.05, 3.63) is 66.4 Å². The molecule has 6 heteroatoms. The van der Waals surface area contributed by atoms with Crippen LogP contribution in [0.5, 0.6) is 5.75 Å². The molecule has 2 heterocycles. The van der Waals surface area contributed by atoms with Crippen LogP contribution in [0.1, 0.15) is 22.8 Å². The summed E-state index contributed by atoms with van der Waals surface area (Å²) in [5.41, 5.74) is 2.48. The first-order valence-electron chi connectivity index (χ1n) is 8.66. The molecule has 0 N–H and O–H groups in total. The Bertz CT molecular complexity index is 907. The molecule has 3 aromatic rings. The van der Waals surface area contributed by atoms with Crippen LogP contribution in [0.2, 0.25) is 0 Å². The summed E-state index contributed by atoms with van der Waals surface area (Å²) in [7, 11) is 1.58. The van der Waals surface area contributed by atoms with Crippen molar-refractivity contribution in [2.75, 3.05) is 20.2 Å². The standard InChI is InChI=1S/C20H20N4O2/c1-26-19-10-6-5-9-17(19)20(25)23-12-11-16(13-23)24-14-18(21-22-24)15-7-3-2-4-8-15/h2-10,14,16H,11-13H2,1H3. The van der Waals surface area contributed by atoms with E-state index in [-0.39, 0.29) is 11.9 Å². The van der Waals surface area contributed by atoms with Crippen molar-refractivity contribution in [1.29, 1.82) is 0 Å². The average molecular weight is 348 g/mol. The zero-order chi connectivity index (χ0) is 17.9. The van der Waals surface area contributed by atoms with Gasteiger partial charge in [0, 0.05) is 18.7 Å². The van der Waals surface area contributed by atoms with E-state index >= 15 is 0 Å². The molecule has 0 bridgehead atoms. The highest BCUT2D eigenvalue weighted by Crippen LogP contribution is 2.27. The number of ether oxygens (including phenoxy) is 1. The van der Waals surface area contributed by atoms with Crippen LogP contribution in [0.4, 0.5) is 0 Å². The van der Waals surface area contributed by atoms with Crippen LogP contribution in [0.25, 0.3) is 11.3 Å². The van der Waals surface area contributed by atoms with E-state index in [1.165, 1.54) is 0 Å². The van der Waals surface area contributed by atoms with Gasteiger partial charge in [-0.2, -0.15) is 0 Å². The third kappa shape index (κ3) is 3.06. The van der Waals surface area contributed by atoms with Gasteiger partial charge < -0.3 is 9.64 Å². The van der Waals surface area contributed by atoms with E-state index in [0.717, 1.165) is 17.7 Å². The summed E-state index contributed by atoms with van der Waals surface area (Å²) >= 11 is 0. The fraction of sp³-hybridized carbons (Fsp3) is 0.250. The van der Waals surface area contributed by atoms with Crippen LogP contribution in [-0.4, -0.2) is 46.0 Å². The summed E-state index contributed by atoms with van der Waals surface area (Å²) in [6, 6.07) is 17.4. The van der Waals surface area contributed by atoms with Gasteiger partial charge in [-0.1, -0.05) is 47.7 Å². The van der Waals surface area contributed by atoms with E-state index in [4.69, 9.17) is 4.74 Å². The number of amides is 1. The third-order valence-electron chi connectivity index (χ3n) is 4.74. The molecule has 2 aromatic carbocycles. The number of likely N-dealkylation sites (tertiary alicyclic amines) is 1. The Morgan fingerprint density at radius 3 is 2.69 bits per heavy atom. The first kappa shape index (κ1) is 16.3. The molecule has 4 rings (SSSR count). The number of carbonyl (C=O) groups excluding carboxylic acids is 1. The molecule has 1 aliphatic rings. The molecule has 0 radical (unpaired) electrons. The van der Waals surface area contributed by atoms with Crippen molar-refractivity contribution in [3.63, 3.8) is 0 Å². The van der Waals surface area contributed by atoms with Gasteiger partial charge in [0.05, 0.1) is 24.9 Å². The van der Waals surface area contributed by atoms with E-state index in [1.807, 2.05) is 64.3 Å². The lowest BCUT2D eigenvalue weighted by molar-refractivity contribution is 0.0783. The summed E-state index contributed by atoms with van der Waals surface area (Å²) in [6.45, 7) is 1.32. The highest BCUT2D eigenvalue weighted by atomic mass is 16.5. The maximum absolute atomic E-state index is 12.8. The molecule has 26 heavy (non-hydrogen) atoms. The molecular formula is C20H20N4O2. The molecule has 1 unspecified atom stereocenters. The highest BCUT2D eigenvalue weighted by molar-refractivity contribution is 5.97. The van der Waals surface area contributed by atoms with Crippen LogP contribution in [0.15, 0.2) is 60.8 Å². The molecule has 0 spiro atoms. The van der Waals surface area contributed by atoms with Crippen molar-refractivity contribution >= 4 is 5.91 Å². The van der Waals surface area contributed by atoms with Gasteiger partial charge in [0.15, 0.2) is 0 Å². The van der Waals surface area contributed by atoms with Gasteiger partial charge in [0.25, 0.3) is 5.91 Å². The number of hydrogen-bond acceptors (Lipinski definition) is 4. The Labute approximate surface area is 152 Å². The molecule has 1 saturated heterocycles. The van der Waals surface area contributed by atoms with Gasteiger partial charge in [-0.05, 0) is 18.6 Å². The number of para-hydroxylation sites is 1. The van der Waals surface area contributed by atoms with E-state index in [2.05, 4.69) is 10.3 Å². The molecule has 1 amide bonds. The SMILES string of the molecule is COc1ccccc1C(=O)N1CCC(n2cc(-c3ccccc3)nn2)C1. The molecule has 1 atom stereocenters. The lowest BCUT2D eigenvalue weighted by Gasteiger charge is -2.18. The molecule has 6 nitrogen and oxygen atoms in total. The Morgan fingerprint density at radius 1 is 1.12 bits per heavy atom. The van der Waals surface area contributed by atoms with Crippen molar-refractivity contribution in [1.82, 2.24) is 19.9 Å². The molecule has 0 saturated carbocycles. The lowest BCUT2D eigenvalue weighted by atomic mass is 10.2. The van der Waals surface area contributed by atoms with Gasteiger partial charge in [0.1, 0.15) is 11.4 Å². The minimum atomic E-state index is -0.00616. The Morgan fingerprint density at radius 2 is 1.88 bits per heavy atom. The molecular weight excluding hydrogens is 328 g/mol. The van der Waals surface area contributed by atoms with Crippen LogP contribution in [-0.2, 0) is 0 Å². The summed E-state index contributed by atoms with van der Waals surface area (Å²) in [5, 5.41) is 8.55. The average Bonchev–Trinajstić information content (AvgIpc) is 3.37. The van der Waals surface area contributed by atoms with Gasteiger partial charge in [-0.3, -0.25) is 4.79 Å². The molecule has 1 fully saturated rings. The first-order chi connectivity index (χ1) is 12.8. The first-order valence-corrected chi connectivity index (χ1v) is 8.66. The highest BCUT2D eigenvalue weighted by Gasteiger charge is 2.30. The van der Waals surface area contributed by atoms with Crippen molar-refractivity contribution < 1.29 is 9.53 Å². The normalized spacial score (nSPS) is 16.7. The second-order valence-electron chi connectivity index (χ2n) is 6.34. The largest absolute Gasteiger partial charge is 0.496 e. The number of hydrogen-bond donors (Lipinski definition) is 0. The monoisotopic (exact) mass is 348 g/mol. The number of carbonyl (C=O) groups is 1. The fourth-order valence-electron chi connectivity index (χ4n) is 3.33. The minimum Gasteiger partial charge on any atom is -0.496 e. The van der Waals surface area contributed by atoms with Crippen LogP contribution >= 0.6 is 0 Å². The lowest BCUT2D eigenvalue weighted by Crippen LogP contribution is -2.29. The number of benzene rings is 2. The quantitative estimate of drug-likeness (QED) is 0.727. The summed E-state index contributed by atoms with van der Waals surface area (Å²) in [5.74, 6) is 0.599. The van der Waals surface area contributed by atoms with E-state index < -0.39 is 0 Å². The topological polar surface area (TPSA) is 60.2 Å². The Balaban J connectivity index is 1.49. The molecule has 1 aromatic heterocycles. The maximum Gasteiger partial charge on any atom is 0.257 e. The van der Waals surface area contributed by atoms with E-state index in [9.17, 15) is 4.79 Å². The van der Waals surface area contributed by atoms with Gasteiger partial charge >= 0.3 is 0 Å². The second-order valence-corrected chi connectivity index (χ2v) is 6.34. The van der Waals surface area contributed by atoms with Gasteiger partial charge in [-0.25, -0.2) is 4.68 Å². The van der Waals surface area contributed by atoms with Crippen molar-refractivity contribution in [2.45, 2.75) is 12.5 Å². The third-order valence-corrected chi connectivity index (χ3v) is 4.74. The van der Waals surface area contributed by atoms with Crippen LogP contribution in [0.3, 0.4) is 0 Å². The number of aromatic nitrogens is 3. The van der Waals surface area contributed by atoms with Crippen LogP contribution < -0.4 is 4.74 Å². The minimum absolute atomic E-state index is 0.00616. The summed E-state index contributed by atoms with van der Waals surface area (Å²) in [4.78, 5) is 14.7. The number of methoxy groups -OCH3 is 1. The van der Waals surface area contributed by atoms with E-state index in [1.54, 1.807) is 13.2 Å². The van der Waals surface area contributed by atoms with Crippen molar-refractivity contribution in [2.24, 2.45) is 0 Å². The van der Waals surface area contributed by atoms with E-state index in [0.29, 0.717) is 24.4 Å². The van der Waals surface area contributed by atoms with Crippen molar-refractivity contribution in [3.8, 4) is 17.0 Å². The molecule has 1 aliphatic heterocycles. The molecule has 132 valence electrons. The van der Waals surface area contributed by atoms with Crippen LogP contribution in [0, 0.1) is 0 Å². The zero-order valence-corrected chi connectivity index (χ0v) is 14.6. The predicted molar refractivity (Wildman–Crippen MR) is 98.0 cm³/mol. The van der Waals surface area contributed by atoms with Gasteiger partial charge in [0.2, 0.25) is 0 Å². The number of rotatable bonds is 4. The Kier molecular flexibility index (Phi) is 4.39. The van der Waals surface area contributed by atoms with Gasteiger partial charge in [-0.15, -0.1) is 5.10 Å². The zero-order valence-electron chi connectivity index (χ0n) is 14.6. The Hall–Kier alpha value is -3.15.